The summed E-state index contributed by atoms with van der Waals surface area (Å²) in [6.45, 7) is 9.22. The molecule has 0 bridgehead atoms. The molecular weight excluding hydrogens is 380 g/mol. The molecule has 7 nitrogen and oxygen atoms in total. The van der Waals surface area contributed by atoms with Crippen LogP contribution >= 0.6 is 0 Å². The van der Waals surface area contributed by atoms with E-state index in [1.807, 2.05) is 13.1 Å². The number of hydrogen-bond acceptors (Lipinski definition) is 6. The maximum atomic E-state index is 10.3. The Bertz CT molecular complexity index is 852. The average Bonchev–Trinajstić information content (AvgIpc) is 3.19. The zero-order valence-corrected chi connectivity index (χ0v) is 17.6. The van der Waals surface area contributed by atoms with Crippen LogP contribution in [0.2, 0.25) is 0 Å². The van der Waals surface area contributed by atoms with Crippen LogP contribution in [0, 0.1) is 0 Å². The first-order chi connectivity index (χ1) is 14.5. The molecule has 1 aliphatic heterocycles. The first kappa shape index (κ1) is 23.1. The van der Waals surface area contributed by atoms with Crippen molar-refractivity contribution < 1.29 is 14.7 Å². The maximum absolute atomic E-state index is 10.3. The molecule has 1 saturated heterocycles. The third-order valence-corrected chi connectivity index (χ3v) is 5.16. The van der Waals surface area contributed by atoms with Gasteiger partial charge in [0.1, 0.15) is 6.29 Å². The van der Waals surface area contributed by atoms with Gasteiger partial charge in [-0.15, -0.1) is 0 Å². The first-order valence-electron chi connectivity index (χ1n) is 10.0. The fourth-order valence-electron chi connectivity index (χ4n) is 3.33. The second-order valence-electron chi connectivity index (χ2n) is 7.14. The Morgan fingerprint density at radius 3 is 2.57 bits per heavy atom. The van der Waals surface area contributed by atoms with Crippen LogP contribution in [0.5, 0.6) is 0 Å². The van der Waals surface area contributed by atoms with Crippen LogP contribution in [0.15, 0.2) is 47.5 Å². The van der Waals surface area contributed by atoms with E-state index in [0.717, 1.165) is 36.2 Å². The molecule has 0 spiro atoms. The van der Waals surface area contributed by atoms with Gasteiger partial charge in [-0.1, -0.05) is 12.1 Å². The molecular formula is C23H30N4O3. The number of rotatable bonds is 8. The molecule has 0 aromatic heterocycles. The van der Waals surface area contributed by atoms with Crippen molar-refractivity contribution >= 4 is 36.0 Å². The van der Waals surface area contributed by atoms with Crippen LogP contribution in [0.1, 0.15) is 40.5 Å². The second kappa shape index (κ2) is 11.7. The number of carbonyl (C=O) groups excluding carboxylic acids is 1. The van der Waals surface area contributed by atoms with E-state index in [0.29, 0.717) is 11.8 Å². The summed E-state index contributed by atoms with van der Waals surface area (Å²) in [5.74, 6) is -0.984. The topological polar surface area (TPSA) is 94.0 Å². The third kappa shape index (κ3) is 6.70. The highest BCUT2D eigenvalue weighted by molar-refractivity contribution is 5.88. The van der Waals surface area contributed by atoms with Crippen molar-refractivity contribution in [3.63, 3.8) is 0 Å². The van der Waals surface area contributed by atoms with Gasteiger partial charge in [-0.2, -0.15) is 0 Å². The summed E-state index contributed by atoms with van der Waals surface area (Å²) in [5, 5.41) is 15.0. The number of likely N-dealkylation sites (tertiary alicyclic amines) is 1. The number of carboxylic acids is 1. The van der Waals surface area contributed by atoms with Crippen molar-refractivity contribution in [3.05, 3.63) is 53.6 Å². The van der Waals surface area contributed by atoms with Crippen LogP contribution in [-0.2, 0) is 0 Å². The lowest BCUT2D eigenvalue weighted by atomic mass is 10.1. The van der Waals surface area contributed by atoms with Gasteiger partial charge in [-0.05, 0) is 63.4 Å². The Kier molecular flexibility index (Phi) is 9.03. The van der Waals surface area contributed by atoms with E-state index in [2.05, 4.69) is 46.3 Å². The first-order valence-corrected chi connectivity index (χ1v) is 10.0. The molecule has 1 atom stereocenters. The number of hydrogen-bond donors (Lipinski definition) is 3. The van der Waals surface area contributed by atoms with Crippen molar-refractivity contribution in [2.24, 2.45) is 4.99 Å². The number of anilines is 2. The summed E-state index contributed by atoms with van der Waals surface area (Å²) in [5.41, 5.74) is 3.69. The van der Waals surface area contributed by atoms with E-state index in [1.54, 1.807) is 0 Å². The lowest BCUT2D eigenvalue weighted by Crippen LogP contribution is -2.31. The number of benzene rings is 2. The van der Waals surface area contributed by atoms with Crippen molar-refractivity contribution in [2.45, 2.75) is 25.8 Å². The summed E-state index contributed by atoms with van der Waals surface area (Å²) in [6.07, 6.45) is 3.33. The van der Waals surface area contributed by atoms with E-state index in [4.69, 9.17) is 5.11 Å². The molecule has 160 valence electrons. The Morgan fingerprint density at radius 2 is 2.03 bits per heavy atom. The van der Waals surface area contributed by atoms with Gasteiger partial charge in [0.25, 0.3) is 0 Å². The molecule has 7 heteroatoms. The summed E-state index contributed by atoms with van der Waals surface area (Å²) >= 11 is 0. The van der Waals surface area contributed by atoms with Crippen molar-refractivity contribution in [2.75, 3.05) is 37.3 Å². The average molecular weight is 411 g/mol. The smallest absolute Gasteiger partial charge is 0.335 e. The number of carboxylic acid groups (broad SMARTS) is 1. The molecule has 1 unspecified atom stereocenters. The summed E-state index contributed by atoms with van der Waals surface area (Å²) in [7, 11) is 1.91. The summed E-state index contributed by atoms with van der Waals surface area (Å²) < 4.78 is 0. The number of nitrogens with one attached hydrogen (secondary N) is 2. The van der Waals surface area contributed by atoms with Crippen LogP contribution in [0.3, 0.4) is 0 Å². The second-order valence-corrected chi connectivity index (χ2v) is 7.14. The molecule has 3 rings (SSSR count). The molecule has 30 heavy (non-hydrogen) atoms. The van der Waals surface area contributed by atoms with Crippen molar-refractivity contribution in [1.82, 2.24) is 4.90 Å². The molecule has 2 aromatic rings. The van der Waals surface area contributed by atoms with Gasteiger partial charge in [0.15, 0.2) is 0 Å². The fourth-order valence-corrected chi connectivity index (χ4v) is 3.33. The summed E-state index contributed by atoms with van der Waals surface area (Å²) in [6, 6.07) is 12.6. The van der Waals surface area contributed by atoms with Crippen LogP contribution in [0.4, 0.5) is 17.1 Å². The van der Waals surface area contributed by atoms with E-state index in [1.165, 1.54) is 43.7 Å². The van der Waals surface area contributed by atoms with Crippen molar-refractivity contribution in [3.8, 4) is 0 Å². The number of aromatic carboxylic acids is 1. The largest absolute Gasteiger partial charge is 0.478 e. The molecule has 0 saturated carbocycles. The molecule has 1 heterocycles. The van der Waals surface area contributed by atoms with E-state index in [9.17, 15) is 9.59 Å². The van der Waals surface area contributed by atoms with Gasteiger partial charge in [0.05, 0.1) is 16.9 Å². The van der Waals surface area contributed by atoms with Crippen LogP contribution < -0.4 is 10.6 Å². The normalized spacial score (nSPS) is 15.6. The molecule has 0 amide bonds. The van der Waals surface area contributed by atoms with Gasteiger partial charge in [-0.3, -0.25) is 14.7 Å². The molecule has 1 aliphatic rings. The van der Waals surface area contributed by atoms with Gasteiger partial charge in [0.2, 0.25) is 0 Å². The molecule has 0 aliphatic carbocycles. The minimum atomic E-state index is -0.984. The van der Waals surface area contributed by atoms with E-state index in [-0.39, 0.29) is 5.56 Å². The molecule has 3 N–H and O–H groups in total. The zero-order valence-electron chi connectivity index (χ0n) is 17.6. The minimum absolute atomic E-state index is 0.190. The number of aldehydes is 1. The fraction of sp³-hybridized carbons (Fsp3) is 0.348. The molecule has 0 radical (unpaired) electrons. The zero-order chi connectivity index (χ0) is 21.9. The van der Waals surface area contributed by atoms with Crippen molar-refractivity contribution in [1.29, 1.82) is 0 Å². The number of aliphatic imine (C=N–C) groups is 1. The Hall–Kier alpha value is -3.19. The monoisotopic (exact) mass is 410 g/mol. The van der Waals surface area contributed by atoms with E-state index >= 15 is 0 Å². The summed E-state index contributed by atoms with van der Waals surface area (Å²) in [4.78, 5) is 27.1. The molecule has 2 aromatic carbocycles. The van der Waals surface area contributed by atoms with Gasteiger partial charge in [0, 0.05) is 37.4 Å². The predicted molar refractivity (Wildman–Crippen MR) is 123 cm³/mol. The van der Waals surface area contributed by atoms with Gasteiger partial charge < -0.3 is 15.7 Å². The van der Waals surface area contributed by atoms with Crippen LogP contribution in [0.25, 0.3) is 0 Å². The highest BCUT2D eigenvalue weighted by atomic mass is 16.4. The Balaban J connectivity index is 0.000000248. The van der Waals surface area contributed by atoms with E-state index < -0.39 is 5.97 Å². The van der Waals surface area contributed by atoms with Gasteiger partial charge >= 0.3 is 5.97 Å². The lowest BCUT2D eigenvalue weighted by molar-refractivity contribution is 0.0696. The highest BCUT2D eigenvalue weighted by Gasteiger charge is 2.19. The quantitative estimate of drug-likeness (QED) is 0.447. The number of carbonyl (C=O) groups is 2. The predicted octanol–water partition coefficient (Wildman–Crippen LogP) is 4.15. The Labute approximate surface area is 177 Å². The Morgan fingerprint density at radius 1 is 1.30 bits per heavy atom. The lowest BCUT2D eigenvalue weighted by Gasteiger charge is -2.21. The SMILES string of the molecule is C=Nc1cc(NC)ccc1NCCN1CCCC1C.O=Cc1ccc(C(=O)O)cc1. The minimum Gasteiger partial charge on any atom is -0.478 e. The third-order valence-electron chi connectivity index (χ3n) is 5.16. The van der Waals surface area contributed by atoms with Gasteiger partial charge in [-0.25, -0.2) is 4.79 Å². The highest BCUT2D eigenvalue weighted by Crippen LogP contribution is 2.28. The van der Waals surface area contributed by atoms with Crippen LogP contribution in [-0.4, -0.2) is 61.7 Å². The molecule has 1 fully saturated rings. The number of nitrogens with zero attached hydrogens (tertiary/aromatic N) is 2. The maximum Gasteiger partial charge on any atom is 0.335 e. The standard InChI is InChI=1S/C15H24N4.C8H6O3/c1-12-5-4-9-19(12)10-8-18-14-7-6-13(16-2)11-15(14)17-3;9-5-6-1-3-7(4-2-6)8(10)11/h6-7,11-12,16,18H,3-5,8-10H2,1-2H3;1-5H,(H,10,11).